The van der Waals surface area contributed by atoms with Crippen LogP contribution in [0.1, 0.15) is 31.3 Å². The van der Waals surface area contributed by atoms with Gasteiger partial charge < -0.3 is 14.6 Å². The van der Waals surface area contributed by atoms with Gasteiger partial charge in [0.15, 0.2) is 0 Å². The number of nitrogens with one attached hydrogen (secondary N) is 1. The standard InChI is InChI=1S/C22H25N3O2/c1-6-27-22(26)20-10-18-17-9-16(25(12-14(2)3)13-15(4)5)7-8-19(17)24-21(18)11-23-20/h7-11,24H,2,4,6,12-13H2,1,3,5H3. The number of H-pyrrole nitrogens is 1. The summed E-state index contributed by atoms with van der Waals surface area (Å²) in [7, 11) is 0. The van der Waals surface area contributed by atoms with E-state index in [1.165, 1.54) is 0 Å². The number of anilines is 1. The fraction of sp³-hybridized carbons (Fsp3) is 0.273. The lowest BCUT2D eigenvalue weighted by Crippen LogP contribution is -2.26. The molecule has 27 heavy (non-hydrogen) atoms. The third-order valence-corrected chi connectivity index (χ3v) is 4.24. The van der Waals surface area contributed by atoms with Crippen LogP contribution in [0.25, 0.3) is 21.8 Å². The van der Waals surface area contributed by atoms with Crippen molar-refractivity contribution in [2.75, 3.05) is 24.6 Å². The highest BCUT2D eigenvalue weighted by Crippen LogP contribution is 2.30. The Hall–Kier alpha value is -3.08. The zero-order valence-corrected chi connectivity index (χ0v) is 16.1. The first kappa shape index (κ1) is 18.7. The molecular weight excluding hydrogens is 338 g/mol. The molecular formula is C22H25N3O2. The van der Waals surface area contributed by atoms with Gasteiger partial charge in [-0.05, 0) is 45.0 Å². The second-order valence-electron chi connectivity index (χ2n) is 6.96. The molecule has 0 aliphatic carbocycles. The number of nitrogens with zero attached hydrogens (tertiary/aromatic N) is 2. The molecule has 0 amide bonds. The normalized spacial score (nSPS) is 10.9. The van der Waals surface area contributed by atoms with E-state index in [1.54, 1.807) is 19.2 Å². The van der Waals surface area contributed by atoms with Gasteiger partial charge in [-0.25, -0.2) is 9.78 Å². The average Bonchev–Trinajstić information content (AvgIpc) is 2.97. The molecule has 0 fully saturated rings. The van der Waals surface area contributed by atoms with Crippen LogP contribution in [-0.2, 0) is 4.74 Å². The van der Waals surface area contributed by atoms with Crippen LogP contribution in [0, 0.1) is 0 Å². The number of esters is 1. The summed E-state index contributed by atoms with van der Waals surface area (Å²) in [5, 5.41) is 2.00. The van der Waals surface area contributed by atoms with Crippen molar-refractivity contribution in [3.05, 3.63) is 60.5 Å². The Morgan fingerprint density at radius 1 is 1.11 bits per heavy atom. The van der Waals surface area contributed by atoms with E-state index >= 15 is 0 Å². The molecule has 0 radical (unpaired) electrons. The van der Waals surface area contributed by atoms with Gasteiger partial charge in [0.05, 0.1) is 18.3 Å². The lowest BCUT2D eigenvalue weighted by Gasteiger charge is -2.25. The lowest BCUT2D eigenvalue weighted by molar-refractivity contribution is 0.0520. The molecule has 0 saturated carbocycles. The number of ether oxygens (including phenoxy) is 1. The number of hydrogen-bond donors (Lipinski definition) is 1. The summed E-state index contributed by atoms with van der Waals surface area (Å²) in [4.78, 5) is 21.9. The lowest BCUT2D eigenvalue weighted by atomic mass is 10.1. The zero-order chi connectivity index (χ0) is 19.6. The maximum absolute atomic E-state index is 12.0. The number of benzene rings is 1. The Bertz CT molecular complexity index is 1020. The number of aromatic amines is 1. The highest BCUT2D eigenvalue weighted by molar-refractivity contribution is 6.09. The molecule has 2 aromatic heterocycles. The monoisotopic (exact) mass is 363 g/mol. The van der Waals surface area contributed by atoms with Gasteiger partial charge in [-0.2, -0.15) is 0 Å². The Morgan fingerprint density at radius 2 is 1.78 bits per heavy atom. The van der Waals surface area contributed by atoms with Crippen molar-refractivity contribution in [1.82, 2.24) is 9.97 Å². The minimum Gasteiger partial charge on any atom is -0.461 e. The van der Waals surface area contributed by atoms with Crippen LogP contribution in [0.4, 0.5) is 5.69 Å². The molecule has 5 nitrogen and oxygen atoms in total. The number of fused-ring (bicyclic) bond motifs is 3. The predicted octanol–water partition coefficient (Wildman–Crippen LogP) is 4.85. The largest absolute Gasteiger partial charge is 0.461 e. The summed E-state index contributed by atoms with van der Waals surface area (Å²) in [5.41, 5.74) is 5.47. The second-order valence-corrected chi connectivity index (χ2v) is 6.96. The van der Waals surface area contributed by atoms with E-state index in [4.69, 9.17) is 4.74 Å². The van der Waals surface area contributed by atoms with Crippen molar-refractivity contribution in [1.29, 1.82) is 0 Å². The molecule has 1 aromatic carbocycles. The van der Waals surface area contributed by atoms with Crippen molar-refractivity contribution in [3.8, 4) is 0 Å². The molecule has 1 N–H and O–H groups in total. The number of rotatable bonds is 7. The van der Waals surface area contributed by atoms with E-state index in [2.05, 4.69) is 46.2 Å². The van der Waals surface area contributed by atoms with E-state index in [0.717, 1.165) is 51.7 Å². The first-order valence-corrected chi connectivity index (χ1v) is 9.01. The molecule has 0 bridgehead atoms. The molecule has 0 saturated heterocycles. The van der Waals surface area contributed by atoms with Crippen LogP contribution in [0.2, 0.25) is 0 Å². The molecule has 0 atom stereocenters. The van der Waals surface area contributed by atoms with E-state index in [0.29, 0.717) is 12.3 Å². The third-order valence-electron chi connectivity index (χ3n) is 4.24. The van der Waals surface area contributed by atoms with Gasteiger partial charge in [-0.3, -0.25) is 0 Å². The van der Waals surface area contributed by atoms with Crippen molar-refractivity contribution < 1.29 is 9.53 Å². The van der Waals surface area contributed by atoms with Crippen molar-refractivity contribution in [2.45, 2.75) is 20.8 Å². The van der Waals surface area contributed by atoms with E-state index in [1.807, 2.05) is 13.8 Å². The molecule has 0 spiro atoms. The Morgan fingerprint density at radius 3 is 2.41 bits per heavy atom. The average molecular weight is 363 g/mol. The predicted molar refractivity (Wildman–Crippen MR) is 111 cm³/mol. The van der Waals surface area contributed by atoms with E-state index < -0.39 is 5.97 Å². The van der Waals surface area contributed by atoms with Gasteiger partial charge in [-0.1, -0.05) is 24.3 Å². The Balaban J connectivity index is 2.09. The number of carbonyl (C=O) groups excluding carboxylic acids is 1. The first-order chi connectivity index (χ1) is 12.9. The summed E-state index contributed by atoms with van der Waals surface area (Å²) in [5.74, 6) is -0.406. The van der Waals surface area contributed by atoms with Gasteiger partial charge in [0.1, 0.15) is 5.69 Å². The molecule has 0 aliphatic rings. The summed E-state index contributed by atoms with van der Waals surface area (Å²) in [6, 6.07) is 8.06. The smallest absolute Gasteiger partial charge is 0.356 e. The quantitative estimate of drug-likeness (QED) is 0.481. The number of carbonyl (C=O) groups is 1. The van der Waals surface area contributed by atoms with E-state index in [-0.39, 0.29) is 0 Å². The van der Waals surface area contributed by atoms with Crippen LogP contribution in [-0.4, -0.2) is 35.6 Å². The van der Waals surface area contributed by atoms with Gasteiger partial charge >= 0.3 is 5.97 Å². The van der Waals surface area contributed by atoms with Crippen molar-refractivity contribution in [3.63, 3.8) is 0 Å². The fourth-order valence-electron chi connectivity index (χ4n) is 3.19. The molecule has 3 rings (SSSR count). The number of hydrogen-bond acceptors (Lipinski definition) is 4. The number of aromatic nitrogens is 2. The summed E-state index contributed by atoms with van der Waals surface area (Å²) >= 11 is 0. The molecule has 140 valence electrons. The SMILES string of the molecule is C=C(C)CN(CC(=C)C)c1ccc2[nH]c3cnc(C(=O)OCC)cc3c2c1. The van der Waals surface area contributed by atoms with Crippen LogP contribution in [0.5, 0.6) is 0 Å². The molecule has 0 unspecified atom stereocenters. The highest BCUT2D eigenvalue weighted by Gasteiger charge is 2.14. The minimum absolute atomic E-state index is 0.316. The van der Waals surface area contributed by atoms with Crippen molar-refractivity contribution in [2.24, 2.45) is 0 Å². The van der Waals surface area contributed by atoms with Crippen LogP contribution < -0.4 is 4.90 Å². The molecule has 5 heteroatoms. The Labute approximate surface area is 159 Å². The van der Waals surface area contributed by atoms with Gasteiger partial charge in [-0.15, -0.1) is 0 Å². The van der Waals surface area contributed by atoms with Gasteiger partial charge in [0.25, 0.3) is 0 Å². The van der Waals surface area contributed by atoms with Crippen molar-refractivity contribution >= 4 is 33.5 Å². The molecule has 3 aromatic rings. The van der Waals surface area contributed by atoms with Crippen LogP contribution >= 0.6 is 0 Å². The van der Waals surface area contributed by atoms with E-state index in [9.17, 15) is 4.79 Å². The van der Waals surface area contributed by atoms with Crippen LogP contribution in [0.3, 0.4) is 0 Å². The summed E-state index contributed by atoms with van der Waals surface area (Å²) in [6.45, 7) is 15.8. The second kappa shape index (κ2) is 7.66. The minimum atomic E-state index is -0.406. The zero-order valence-electron chi connectivity index (χ0n) is 16.1. The topological polar surface area (TPSA) is 58.2 Å². The fourth-order valence-corrected chi connectivity index (χ4v) is 3.19. The molecule has 0 aliphatic heterocycles. The maximum atomic E-state index is 12.0. The van der Waals surface area contributed by atoms with Crippen LogP contribution in [0.15, 0.2) is 54.8 Å². The summed E-state index contributed by atoms with van der Waals surface area (Å²) < 4.78 is 5.08. The summed E-state index contributed by atoms with van der Waals surface area (Å²) in [6.07, 6.45) is 1.68. The van der Waals surface area contributed by atoms with Gasteiger partial charge in [0.2, 0.25) is 0 Å². The Kier molecular flexibility index (Phi) is 5.31. The van der Waals surface area contributed by atoms with Gasteiger partial charge in [0, 0.05) is 35.1 Å². The maximum Gasteiger partial charge on any atom is 0.356 e. The molecule has 2 heterocycles. The highest BCUT2D eigenvalue weighted by atomic mass is 16.5. The first-order valence-electron chi connectivity index (χ1n) is 9.01. The number of pyridine rings is 1. The third kappa shape index (κ3) is 4.03.